The minimum absolute atomic E-state index is 0.0259. The van der Waals surface area contributed by atoms with Gasteiger partial charge in [0.2, 0.25) is 14.2 Å². The summed E-state index contributed by atoms with van der Waals surface area (Å²) in [5.74, 6) is -0.974. The van der Waals surface area contributed by atoms with Gasteiger partial charge in [-0.3, -0.25) is 9.59 Å². The molecule has 2 fully saturated rings. The van der Waals surface area contributed by atoms with Gasteiger partial charge in [-0.25, -0.2) is 16.8 Å². The smallest absolute Gasteiger partial charge is 0.485 e. The van der Waals surface area contributed by atoms with Crippen LogP contribution in [0.5, 0.6) is 0 Å². The third kappa shape index (κ3) is 5.22. The number of fused-ring (bicyclic) bond motifs is 1. The van der Waals surface area contributed by atoms with Crippen molar-refractivity contribution in [2.45, 2.75) is 61.2 Å². The van der Waals surface area contributed by atoms with E-state index in [0.717, 1.165) is 0 Å². The predicted octanol–water partition coefficient (Wildman–Crippen LogP) is -0.749. The fraction of sp³-hybridized carbons (Fsp3) is 0.733. The van der Waals surface area contributed by atoms with Crippen LogP contribution in [-0.4, -0.2) is 78.0 Å². The first-order chi connectivity index (χ1) is 14.6. The maximum Gasteiger partial charge on any atom is 0.485 e. The Morgan fingerprint density at radius 2 is 1.91 bits per heavy atom. The zero-order valence-corrected chi connectivity index (χ0v) is 20.9. The summed E-state index contributed by atoms with van der Waals surface area (Å²) >= 11 is 0. The summed E-state index contributed by atoms with van der Waals surface area (Å²) in [5, 5.41) is 3.21. The van der Waals surface area contributed by atoms with Gasteiger partial charge in [-0.05, 0) is 26.6 Å². The number of halogens is 3. The van der Waals surface area contributed by atoms with Crippen LogP contribution in [0, 0.1) is 0 Å². The quantitative estimate of drug-likeness (QED) is 0.159. The molecular weight excluding hydrogens is 513 g/mol. The van der Waals surface area contributed by atoms with Gasteiger partial charge in [0.25, 0.3) is 0 Å². The van der Waals surface area contributed by atoms with E-state index in [-0.39, 0.29) is 18.9 Å². The standard InChI is InChI=1S/C14H23N4O5SSi.CHF3O3S/c1-14(9-17-7-6-16(2)15-17)12(13(20)23-25(3,4)5)18-10(19)8-11(18)24(14,21)22;2-1(3,4)8(5,6)7/h6-7,11-12H,8-9H2,1-5H3;(H,5,6,7)/q+1;/p-1/t11-,12+,14+;/m1./s1. The van der Waals surface area contributed by atoms with Crippen LogP contribution in [0.15, 0.2) is 12.4 Å². The van der Waals surface area contributed by atoms with Gasteiger partial charge in [-0.2, -0.15) is 13.2 Å². The zero-order valence-electron chi connectivity index (χ0n) is 18.2. The van der Waals surface area contributed by atoms with Crippen molar-refractivity contribution >= 4 is 40.1 Å². The molecule has 3 heterocycles. The molecule has 0 bridgehead atoms. The third-order valence-corrected chi connectivity index (χ3v) is 9.06. The Kier molecular flexibility index (Phi) is 6.85. The fourth-order valence-electron chi connectivity index (χ4n) is 3.45. The van der Waals surface area contributed by atoms with Crippen molar-refractivity contribution < 1.29 is 53.3 Å². The monoisotopic (exact) mass is 536 g/mol. The van der Waals surface area contributed by atoms with Crippen LogP contribution in [0.25, 0.3) is 0 Å². The number of carbonyl (C=O) groups is 2. The molecule has 0 unspecified atom stereocenters. The number of aromatic nitrogens is 3. The first-order valence-electron chi connectivity index (χ1n) is 9.31. The Balaban J connectivity index is 0.000000414. The molecule has 33 heavy (non-hydrogen) atoms. The summed E-state index contributed by atoms with van der Waals surface area (Å²) < 4.78 is 92.1. The number of hydrogen-bond donors (Lipinski definition) is 0. The van der Waals surface area contributed by atoms with Crippen LogP contribution < -0.4 is 4.68 Å². The summed E-state index contributed by atoms with van der Waals surface area (Å²) in [6.07, 6.45) is 3.24. The number of carbonyl (C=O) groups excluding carboxylic acids is 2. The average Bonchev–Trinajstić information content (AvgIpc) is 3.03. The molecule has 2 aliphatic rings. The largest absolute Gasteiger partial charge is 0.741 e. The van der Waals surface area contributed by atoms with Crippen LogP contribution in [0.1, 0.15) is 13.3 Å². The van der Waals surface area contributed by atoms with Crippen molar-refractivity contribution in [3.05, 3.63) is 12.4 Å². The number of alkyl halides is 3. The highest BCUT2D eigenvalue weighted by molar-refractivity contribution is 7.93. The Bertz CT molecular complexity index is 1160. The molecule has 1 aromatic heterocycles. The highest BCUT2D eigenvalue weighted by atomic mass is 32.2. The van der Waals surface area contributed by atoms with Crippen LogP contribution >= 0.6 is 0 Å². The molecule has 0 N–H and O–H groups in total. The molecule has 12 nitrogen and oxygen atoms in total. The van der Waals surface area contributed by atoms with E-state index in [9.17, 15) is 31.2 Å². The molecule has 0 saturated carbocycles. The van der Waals surface area contributed by atoms with Crippen molar-refractivity contribution in [3.63, 3.8) is 0 Å². The maximum atomic E-state index is 13.1. The first kappa shape index (κ1) is 27.2. The van der Waals surface area contributed by atoms with Gasteiger partial charge in [0, 0.05) is 0 Å². The fourth-order valence-corrected chi connectivity index (χ4v) is 6.52. The summed E-state index contributed by atoms with van der Waals surface area (Å²) in [6, 6.07) is -1.15. The number of nitrogens with zero attached hydrogens (tertiary/aromatic N) is 4. The Labute approximate surface area is 189 Å². The lowest BCUT2D eigenvalue weighted by Crippen LogP contribution is -2.59. The van der Waals surface area contributed by atoms with E-state index < -0.39 is 55.9 Å². The van der Waals surface area contributed by atoms with E-state index in [0.29, 0.717) is 0 Å². The van der Waals surface area contributed by atoms with E-state index >= 15 is 0 Å². The lowest BCUT2D eigenvalue weighted by Gasteiger charge is -2.37. The second-order valence-electron chi connectivity index (χ2n) is 8.71. The average molecular weight is 537 g/mol. The number of amides is 1. The highest BCUT2D eigenvalue weighted by Crippen LogP contribution is 2.47. The second kappa shape index (κ2) is 8.31. The van der Waals surface area contributed by atoms with Gasteiger partial charge < -0.3 is 13.9 Å². The van der Waals surface area contributed by atoms with Crippen molar-refractivity contribution in [1.82, 2.24) is 14.8 Å². The lowest BCUT2D eigenvalue weighted by molar-refractivity contribution is -0.732. The first-order valence-corrected chi connectivity index (χ1v) is 15.7. The molecule has 0 aromatic carbocycles. The normalized spacial score (nSPS) is 26.7. The minimum atomic E-state index is -6.09. The van der Waals surface area contributed by atoms with Crippen molar-refractivity contribution in [1.29, 1.82) is 0 Å². The Morgan fingerprint density at radius 3 is 2.27 bits per heavy atom. The van der Waals surface area contributed by atoms with E-state index in [4.69, 9.17) is 17.4 Å². The van der Waals surface area contributed by atoms with Gasteiger partial charge in [0.05, 0.1) is 11.6 Å². The SMILES string of the molecule is C[n+]1ccn(C[C@@]2(C)[C@H](C(=O)O[Si](C)(C)C)N3C(=O)C[C@H]3S2(=O)=O)n1.O=S(=O)([O-])C(F)(F)F. The zero-order chi connectivity index (χ0) is 25.8. The summed E-state index contributed by atoms with van der Waals surface area (Å²) in [7, 11) is -10.4. The Morgan fingerprint density at radius 1 is 1.39 bits per heavy atom. The minimum Gasteiger partial charge on any atom is -0.741 e. The van der Waals surface area contributed by atoms with Crippen LogP contribution in [-0.2, 0) is 47.6 Å². The highest BCUT2D eigenvalue weighted by Gasteiger charge is 2.71. The summed E-state index contributed by atoms with van der Waals surface area (Å²) in [6.45, 7) is 7.01. The topological polar surface area (TPSA) is 160 Å². The van der Waals surface area contributed by atoms with E-state index in [1.54, 1.807) is 24.1 Å². The molecule has 2 aliphatic heterocycles. The Hall–Kier alpha value is -2.05. The van der Waals surface area contributed by atoms with Crippen LogP contribution in [0.2, 0.25) is 19.6 Å². The molecule has 1 aromatic rings. The number of aryl methyl sites for hydroxylation is 1. The van der Waals surface area contributed by atoms with Gasteiger partial charge >= 0.3 is 11.5 Å². The van der Waals surface area contributed by atoms with Crippen LogP contribution in [0.3, 0.4) is 0 Å². The molecule has 0 aliphatic carbocycles. The molecule has 3 atom stereocenters. The lowest BCUT2D eigenvalue weighted by atomic mass is 9.96. The maximum absolute atomic E-state index is 13.1. The van der Waals surface area contributed by atoms with Gasteiger partial charge in [0.1, 0.15) is 23.7 Å². The predicted molar refractivity (Wildman–Crippen MR) is 105 cm³/mol. The number of β-lactam (4-membered cyclic amide) rings is 1. The van der Waals surface area contributed by atoms with Crippen molar-refractivity contribution in [3.8, 4) is 0 Å². The van der Waals surface area contributed by atoms with Crippen molar-refractivity contribution in [2.24, 2.45) is 7.05 Å². The number of rotatable bonds is 4. The molecule has 0 radical (unpaired) electrons. The summed E-state index contributed by atoms with van der Waals surface area (Å²) in [4.78, 5) is 26.1. The number of hydrogen-bond acceptors (Lipinski definition) is 9. The van der Waals surface area contributed by atoms with Gasteiger partial charge in [0.15, 0.2) is 38.4 Å². The third-order valence-electron chi connectivity index (χ3n) is 4.91. The molecule has 1 amide bonds. The molecule has 0 spiro atoms. The van der Waals surface area contributed by atoms with Crippen LogP contribution in [0.4, 0.5) is 13.2 Å². The van der Waals surface area contributed by atoms with Gasteiger partial charge in [-0.1, -0.05) is 0 Å². The molecular formula is C15H23F3N4O8S2Si. The van der Waals surface area contributed by atoms with Gasteiger partial charge in [-0.15, -0.1) is 9.36 Å². The second-order valence-corrected chi connectivity index (χ2v) is 17.1. The molecule has 18 heteroatoms. The van der Waals surface area contributed by atoms with E-state index in [1.165, 1.54) is 16.5 Å². The molecule has 3 rings (SSSR count). The summed E-state index contributed by atoms with van der Waals surface area (Å²) in [5.41, 5.74) is -5.65. The van der Waals surface area contributed by atoms with E-state index in [2.05, 4.69) is 5.21 Å². The molecule has 188 valence electrons. The number of sulfone groups is 1. The van der Waals surface area contributed by atoms with E-state index in [1.807, 2.05) is 19.6 Å². The van der Waals surface area contributed by atoms with Crippen molar-refractivity contribution in [2.75, 3.05) is 0 Å². The molecule has 2 saturated heterocycles.